The number of hydrogen-bond acceptors (Lipinski definition) is 4. The van der Waals surface area contributed by atoms with Gasteiger partial charge in [0.25, 0.3) is 5.91 Å². The molecule has 120 valence electrons. The first-order chi connectivity index (χ1) is 11.2. The topological polar surface area (TPSA) is 46.6 Å². The minimum atomic E-state index is 0.00548. The van der Waals surface area contributed by atoms with E-state index in [9.17, 15) is 9.59 Å². The molecule has 1 fully saturated rings. The van der Waals surface area contributed by atoms with Crippen molar-refractivity contribution in [1.82, 2.24) is 4.90 Å². The van der Waals surface area contributed by atoms with Crippen molar-refractivity contribution in [3.63, 3.8) is 0 Å². The highest BCUT2D eigenvalue weighted by Gasteiger charge is 2.28. The minimum Gasteiger partial charge on any atom is -0.497 e. The van der Waals surface area contributed by atoms with Gasteiger partial charge in [-0.2, -0.15) is 0 Å². The molecule has 1 aromatic carbocycles. The molecule has 1 saturated heterocycles. The number of hydrogen-bond donors (Lipinski definition) is 0. The van der Waals surface area contributed by atoms with Crippen molar-refractivity contribution in [2.24, 2.45) is 5.92 Å². The highest BCUT2D eigenvalue weighted by Crippen LogP contribution is 2.25. The molecule has 0 bridgehead atoms. The number of amides is 1. The Balaban J connectivity index is 1.62. The van der Waals surface area contributed by atoms with Crippen LogP contribution in [-0.4, -0.2) is 36.8 Å². The van der Waals surface area contributed by atoms with Gasteiger partial charge in [0, 0.05) is 24.6 Å². The molecule has 0 N–H and O–H groups in total. The smallest absolute Gasteiger partial charge is 0.253 e. The van der Waals surface area contributed by atoms with Crippen LogP contribution in [0.2, 0.25) is 0 Å². The fourth-order valence-electron chi connectivity index (χ4n) is 2.90. The van der Waals surface area contributed by atoms with E-state index in [4.69, 9.17) is 4.74 Å². The van der Waals surface area contributed by atoms with Gasteiger partial charge in [-0.25, -0.2) is 0 Å². The lowest BCUT2D eigenvalue weighted by Crippen LogP contribution is -2.40. The van der Waals surface area contributed by atoms with Crippen LogP contribution >= 0.6 is 11.3 Å². The molecule has 0 radical (unpaired) electrons. The number of Topliss-reactive ketones (excluding diaryl/α,β-unsaturated/α-hetero) is 1. The lowest BCUT2D eigenvalue weighted by atomic mass is 9.91. The summed E-state index contributed by atoms with van der Waals surface area (Å²) in [5, 5.41) is 1.93. The number of carbonyl (C=O) groups is 2. The van der Waals surface area contributed by atoms with Crippen LogP contribution in [0.5, 0.6) is 5.75 Å². The Bertz CT molecular complexity index is 688. The summed E-state index contributed by atoms with van der Waals surface area (Å²) in [6.07, 6.45) is 1.46. The predicted octanol–water partition coefficient (Wildman–Crippen LogP) is 3.49. The van der Waals surface area contributed by atoms with Crippen LogP contribution in [0.3, 0.4) is 0 Å². The first-order valence-corrected chi connectivity index (χ1v) is 8.58. The lowest BCUT2D eigenvalue weighted by molar-refractivity contribution is 0.0651. The van der Waals surface area contributed by atoms with Gasteiger partial charge < -0.3 is 9.64 Å². The van der Waals surface area contributed by atoms with Crippen LogP contribution in [0, 0.1) is 5.92 Å². The summed E-state index contributed by atoms with van der Waals surface area (Å²) in [6, 6.07) is 11.0. The zero-order valence-electron chi connectivity index (χ0n) is 13.0. The number of benzene rings is 1. The number of methoxy groups -OCH3 is 1. The second kappa shape index (κ2) is 6.96. The van der Waals surface area contributed by atoms with Crippen molar-refractivity contribution in [2.75, 3.05) is 20.2 Å². The summed E-state index contributed by atoms with van der Waals surface area (Å²) in [4.78, 5) is 27.6. The zero-order valence-corrected chi connectivity index (χ0v) is 13.8. The van der Waals surface area contributed by atoms with E-state index in [2.05, 4.69) is 0 Å². The number of ketones is 1. The third-order valence-corrected chi connectivity index (χ3v) is 5.12. The molecule has 5 heteroatoms. The molecule has 0 saturated carbocycles. The standard InChI is InChI=1S/C18H19NO3S/c1-22-15-5-2-4-14(12-15)18(21)19-9-7-13(8-10-19)17(20)16-6-3-11-23-16/h2-6,11-13H,7-10H2,1H3. The molecule has 0 atom stereocenters. The van der Waals surface area contributed by atoms with Gasteiger partial charge >= 0.3 is 0 Å². The van der Waals surface area contributed by atoms with E-state index in [1.165, 1.54) is 11.3 Å². The highest BCUT2D eigenvalue weighted by atomic mass is 32.1. The number of thiophene rings is 1. The molecule has 4 nitrogen and oxygen atoms in total. The summed E-state index contributed by atoms with van der Waals surface area (Å²) in [6.45, 7) is 1.25. The SMILES string of the molecule is COc1cccc(C(=O)N2CCC(C(=O)c3cccs3)CC2)c1. The van der Waals surface area contributed by atoms with E-state index in [-0.39, 0.29) is 17.6 Å². The average molecular weight is 329 g/mol. The van der Waals surface area contributed by atoms with Gasteiger partial charge in [-0.15, -0.1) is 11.3 Å². The van der Waals surface area contributed by atoms with E-state index in [0.717, 1.165) is 17.7 Å². The Labute approximate surface area is 139 Å². The third kappa shape index (κ3) is 3.45. The molecule has 3 rings (SSSR count). The van der Waals surface area contributed by atoms with Crippen LogP contribution in [0.15, 0.2) is 41.8 Å². The van der Waals surface area contributed by atoms with Gasteiger partial charge in [0.2, 0.25) is 0 Å². The fourth-order valence-corrected chi connectivity index (χ4v) is 3.65. The number of carbonyl (C=O) groups excluding carboxylic acids is 2. The van der Waals surface area contributed by atoms with Gasteiger partial charge in [-0.05, 0) is 42.5 Å². The third-order valence-electron chi connectivity index (χ3n) is 4.23. The van der Waals surface area contributed by atoms with E-state index >= 15 is 0 Å². The van der Waals surface area contributed by atoms with Crippen LogP contribution < -0.4 is 4.74 Å². The highest BCUT2D eigenvalue weighted by molar-refractivity contribution is 7.12. The Morgan fingerprint density at radius 1 is 1.17 bits per heavy atom. The van der Waals surface area contributed by atoms with E-state index in [1.807, 2.05) is 34.5 Å². The van der Waals surface area contributed by atoms with E-state index in [0.29, 0.717) is 24.4 Å². The monoisotopic (exact) mass is 329 g/mol. The van der Waals surface area contributed by atoms with Gasteiger partial charge in [0.15, 0.2) is 5.78 Å². The number of ether oxygens (including phenoxy) is 1. The zero-order chi connectivity index (χ0) is 16.2. The average Bonchev–Trinajstić information content (AvgIpc) is 3.15. The lowest BCUT2D eigenvalue weighted by Gasteiger charge is -2.31. The number of nitrogens with zero attached hydrogens (tertiary/aromatic N) is 1. The summed E-state index contributed by atoms with van der Waals surface area (Å²) in [7, 11) is 1.59. The summed E-state index contributed by atoms with van der Waals surface area (Å²) < 4.78 is 5.17. The second-order valence-corrected chi connectivity index (χ2v) is 6.59. The molecular formula is C18H19NO3S. The first kappa shape index (κ1) is 15.7. The maximum atomic E-state index is 12.6. The van der Waals surface area contributed by atoms with Gasteiger partial charge in [0.05, 0.1) is 12.0 Å². The van der Waals surface area contributed by atoms with Crippen molar-refractivity contribution in [3.8, 4) is 5.75 Å². The molecule has 0 unspecified atom stereocenters. The van der Waals surface area contributed by atoms with Gasteiger partial charge in [0.1, 0.15) is 5.75 Å². The van der Waals surface area contributed by atoms with Crippen LogP contribution in [0.1, 0.15) is 32.9 Å². The largest absolute Gasteiger partial charge is 0.497 e. The van der Waals surface area contributed by atoms with Crippen molar-refractivity contribution in [1.29, 1.82) is 0 Å². The number of likely N-dealkylation sites (tertiary alicyclic amines) is 1. The Morgan fingerprint density at radius 3 is 2.61 bits per heavy atom. The summed E-state index contributed by atoms with van der Waals surface area (Å²) in [5.41, 5.74) is 0.632. The van der Waals surface area contributed by atoms with E-state index < -0.39 is 0 Å². The molecular weight excluding hydrogens is 310 g/mol. The minimum absolute atomic E-state index is 0.00548. The molecule has 1 aromatic heterocycles. The Morgan fingerprint density at radius 2 is 1.96 bits per heavy atom. The normalized spacial score (nSPS) is 15.4. The number of rotatable bonds is 4. The van der Waals surface area contributed by atoms with Gasteiger partial charge in [-0.3, -0.25) is 9.59 Å². The molecule has 23 heavy (non-hydrogen) atoms. The molecule has 0 aliphatic carbocycles. The second-order valence-electron chi connectivity index (χ2n) is 5.64. The molecule has 1 aliphatic heterocycles. The van der Waals surface area contributed by atoms with Crippen LogP contribution in [0.4, 0.5) is 0 Å². The van der Waals surface area contributed by atoms with Crippen LogP contribution in [0.25, 0.3) is 0 Å². The summed E-state index contributed by atoms with van der Waals surface area (Å²) >= 11 is 1.49. The predicted molar refractivity (Wildman–Crippen MR) is 90.3 cm³/mol. The number of piperidine rings is 1. The van der Waals surface area contributed by atoms with E-state index in [1.54, 1.807) is 19.2 Å². The first-order valence-electron chi connectivity index (χ1n) is 7.70. The van der Waals surface area contributed by atoms with Crippen molar-refractivity contribution in [2.45, 2.75) is 12.8 Å². The van der Waals surface area contributed by atoms with Crippen molar-refractivity contribution in [3.05, 3.63) is 52.2 Å². The maximum absolute atomic E-state index is 12.6. The maximum Gasteiger partial charge on any atom is 0.253 e. The molecule has 2 aromatic rings. The van der Waals surface area contributed by atoms with Crippen molar-refractivity contribution >= 4 is 23.0 Å². The molecule has 0 spiro atoms. The molecule has 1 amide bonds. The Kier molecular flexibility index (Phi) is 4.76. The molecule has 2 heterocycles. The van der Waals surface area contributed by atoms with Crippen molar-refractivity contribution < 1.29 is 14.3 Å². The van der Waals surface area contributed by atoms with Gasteiger partial charge in [-0.1, -0.05) is 12.1 Å². The Hall–Kier alpha value is -2.14. The molecule has 1 aliphatic rings. The summed E-state index contributed by atoms with van der Waals surface area (Å²) in [5.74, 6) is 0.932. The fraction of sp³-hybridized carbons (Fsp3) is 0.333. The van der Waals surface area contributed by atoms with Crippen LogP contribution in [-0.2, 0) is 0 Å². The quantitative estimate of drug-likeness (QED) is 0.807.